The molecule has 0 unspecified atom stereocenters. The number of rotatable bonds is 7. The summed E-state index contributed by atoms with van der Waals surface area (Å²) < 4.78 is 10.4. The van der Waals surface area contributed by atoms with Crippen molar-refractivity contribution >= 4 is 23.3 Å². The van der Waals surface area contributed by atoms with Crippen LogP contribution in [0.25, 0.3) is 0 Å². The fraction of sp³-hybridized carbons (Fsp3) is 0.235. The number of ether oxygens (including phenoxy) is 2. The minimum Gasteiger partial charge on any atom is -0.477 e. The number of esters is 1. The smallest absolute Gasteiger partial charge is 0.344 e. The number of nitro groups is 1. The van der Waals surface area contributed by atoms with Gasteiger partial charge in [-0.3, -0.25) is 14.9 Å². The number of anilines is 1. The molecule has 1 heterocycles. The van der Waals surface area contributed by atoms with Crippen LogP contribution < -0.4 is 10.1 Å². The van der Waals surface area contributed by atoms with E-state index in [4.69, 9.17) is 9.47 Å². The van der Waals surface area contributed by atoms with Crippen molar-refractivity contribution in [1.82, 2.24) is 4.98 Å². The Balaban J connectivity index is 2.00. The lowest BCUT2D eigenvalue weighted by Gasteiger charge is -2.14. The topological polar surface area (TPSA) is 121 Å². The molecule has 0 saturated carbocycles. The zero-order chi connectivity index (χ0) is 19.1. The highest BCUT2D eigenvalue weighted by molar-refractivity contribution is 5.98. The van der Waals surface area contributed by atoms with E-state index in [2.05, 4.69) is 10.3 Å². The van der Waals surface area contributed by atoms with E-state index in [1.807, 2.05) is 0 Å². The molecule has 136 valence electrons. The van der Waals surface area contributed by atoms with Crippen LogP contribution in [0, 0.1) is 10.1 Å². The largest absolute Gasteiger partial charge is 0.477 e. The van der Waals surface area contributed by atoms with E-state index >= 15 is 0 Å². The average molecular weight is 359 g/mol. The summed E-state index contributed by atoms with van der Waals surface area (Å²) in [5.41, 5.74) is 0.367. The molecule has 1 aromatic heterocycles. The molecular weight excluding hydrogens is 342 g/mol. The van der Waals surface area contributed by atoms with Crippen LogP contribution >= 0.6 is 0 Å². The third-order valence-electron chi connectivity index (χ3n) is 3.27. The maximum atomic E-state index is 12.2. The third kappa shape index (κ3) is 4.76. The Hall–Kier alpha value is -3.49. The molecule has 2 aromatic rings. The number of carbonyl (C=O) groups is 2. The molecule has 9 nitrogen and oxygen atoms in total. The highest BCUT2D eigenvalue weighted by Gasteiger charge is 2.22. The second kappa shape index (κ2) is 8.56. The Morgan fingerprint density at radius 2 is 1.96 bits per heavy atom. The number of nitrogens with zero attached hydrogens (tertiary/aromatic N) is 2. The Morgan fingerprint density at radius 3 is 2.58 bits per heavy atom. The van der Waals surface area contributed by atoms with Gasteiger partial charge in [0.25, 0.3) is 11.6 Å². The average Bonchev–Trinajstić information content (AvgIpc) is 2.62. The van der Waals surface area contributed by atoms with Gasteiger partial charge in [0.2, 0.25) is 5.88 Å². The number of benzene rings is 1. The van der Waals surface area contributed by atoms with Gasteiger partial charge in [0.1, 0.15) is 5.56 Å². The summed E-state index contributed by atoms with van der Waals surface area (Å²) in [5.74, 6) is -1.19. The van der Waals surface area contributed by atoms with Gasteiger partial charge in [-0.2, -0.15) is 0 Å². The second-order valence-electron chi connectivity index (χ2n) is 5.13. The number of hydrogen-bond acceptors (Lipinski definition) is 7. The molecule has 0 aliphatic rings. The number of aromatic nitrogens is 1. The summed E-state index contributed by atoms with van der Waals surface area (Å²) >= 11 is 0. The van der Waals surface area contributed by atoms with Gasteiger partial charge in [-0.1, -0.05) is 0 Å². The lowest BCUT2D eigenvalue weighted by atomic mass is 10.2. The first-order chi connectivity index (χ1) is 12.4. The van der Waals surface area contributed by atoms with E-state index in [0.29, 0.717) is 12.3 Å². The van der Waals surface area contributed by atoms with Crippen LogP contribution in [0.3, 0.4) is 0 Å². The zero-order valence-electron chi connectivity index (χ0n) is 14.2. The van der Waals surface area contributed by atoms with Crippen molar-refractivity contribution in [3.63, 3.8) is 0 Å². The van der Waals surface area contributed by atoms with Gasteiger partial charge in [-0.05, 0) is 38.1 Å². The number of nitro benzene ring substituents is 1. The lowest BCUT2D eigenvalue weighted by molar-refractivity contribution is -0.384. The molecule has 1 amide bonds. The van der Waals surface area contributed by atoms with Crippen LogP contribution in [-0.4, -0.2) is 34.5 Å². The second-order valence-corrected chi connectivity index (χ2v) is 5.13. The minimum absolute atomic E-state index is 0.0949. The van der Waals surface area contributed by atoms with Crippen molar-refractivity contribution in [1.29, 1.82) is 0 Å². The first-order valence-corrected chi connectivity index (χ1v) is 7.76. The van der Waals surface area contributed by atoms with E-state index < -0.39 is 22.9 Å². The van der Waals surface area contributed by atoms with E-state index in [0.717, 1.165) is 0 Å². The molecule has 1 atom stereocenters. The van der Waals surface area contributed by atoms with E-state index in [1.165, 1.54) is 43.5 Å². The highest BCUT2D eigenvalue weighted by Crippen LogP contribution is 2.18. The van der Waals surface area contributed by atoms with Crippen molar-refractivity contribution in [3.05, 3.63) is 58.3 Å². The predicted octanol–water partition coefficient (Wildman–Crippen LogP) is 2.57. The Labute approximate surface area is 149 Å². The normalized spacial score (nSPS) is 11.3. The highest BCUT2D eigenvalue weighted by atomic mass is 16.6. The first kappa shape index (κ1) is 18.8. The van der Waals surface area contributed by atoms with Gasteiger partial charge in [0.05, 0.1) is 11.5 Å². The summed E-state index contributed by atoms with van der Waals surface area (Å²) in [7, 11) is 0. The Morgan fingerprint density at radius 1 is 1.27 bits per heavy atom. The number of nitrogens with one attached hydrogen (secondary N) is 1. The molecule has 26 heavy (non-hydrogen) atoms. The molecule has 0 aliphatic heterocycles. The standard InChI is InChI=1S/C17H17N3O6/c1-3-25-16-14(5-4-10-18-16)17(22)26-11(2)15(21)19-12-6-8-13(9-7-12)20(23)24/h4-11H,3H2,1-2H3,(H,19,21)/t11-/m0/s1. The van der Waals surface area contributed by atoms with E-state index in [-0.39, 0.29) is 17.1 Å². The first-order valence-electron chi connectivity index (χ1n) is 7.76. The van der Waals surface area contributed by atoms with Crippen LogP contribution in [0.2, 0.25) is 0 Å². The summed E-state index contributed by atoms with van der Waals surface area (Å²) in [4.78, 5) is 38.4. The molecule has 1 aromatic carbocycles. The molecule has 2 rings (SSSR count). The predicted molar refractivity (Wildman–Crippen MR) is 92.0 cm³/mol. The number of hydrogen-bond donors (Lipinski definition) is 1. The van der Waals surface area contributed by atoms with Crippen molar-refractivity contribution in [2.45, 2.75) is 20.0 Å². The van der Waals surface area contributed by atoms with Gasteiger partial charge < -0.3 is 14.8 Å². The van der Waals surface area contributed by atoms with Gasteiger partial charge in [-0.25, -0.2) is 9.78 Å². The molecule has 0 bridgehead atoms. The van der Waals surface area contributed by atoms with Crippen molar-refractivity contribution in [3.8, 4) is 5.88 Å². The molecule has 0 fully saturated rings. The van der Waals surface area contributed by atoms with Crippen LogP contribution in [-0.2, 0) is 9.53 Å². The van der Waals surface area contributed by atoms with Crippen molar-refractivity contribution in [2.75, 3.05) is 11.9 Å². The van der Waals surface area contributed by atoms with E-state index in [1.54, 1.807) is 13.0 Å². The monoisotopic (exact) mass is 359 g/mol. The summed E-state index contributed by atoms with van der Waals surface area (Å²) in [6.07, 6.45) is 0.388. The van der Waals surface area contributed by atoms with Crippen LogP contribution in [0.15, 0.2) is 42.6 Å². The summed E-state index contributed by atoms with van der Waals surface area (Å²) in [6.45, 7) is 3.49. The Kier molecular flexibility index (Phi) is 6.20. The van der Waals surface area contributed by atoms with Gasteiger partial charge in [-0.15, -0.1) is 0 Å². The van der Waals surface area contributed by atoms with Crippen LogP contribution in [0.5, 0.6) is 5.88 Å². The van der Waals surface area contributed by atoms with Gasteiger partial charge >= 0.3 is 5.97 Å². The molecule has 0 radical (unpaired) electrons. The van der Waals surface area contributed by atoms with E-state index in [9.17, 15) is 19.7 Å². The fourth-order valence-electron chi connectivity index (χ4n) is 1.99. The SMILES string of the molecule is CCOc1ncccc1C(=O)O[C@@H](C)C(=O)Nc1ccc([N+](=O)[O-])cc1. The van der Waals surface area contributed by atoms with Crippen LogP contribution in [0.1, 0.15) is 24.2 Å². The van der Waals surface area contributed by atoms with Crippen molar-refractivity contribution < 1.29 is 24.0 Å². The Bertz CT molecular complexity index is 806. The zero-order valence-corrected chi connectivity index (χ0v) is 14.2. The lowest BCUT2D eigenvalue weighted by Crippen LogP contribution is -2.30. The number of non-ortho nitro benzene ring substituents is 1. The van der Waals surface area contributed by atoms with Gasteiger partial charge in [0, 0.05) is 24.0 Å². The fourth-order valence-corrected chi connectivity index (χ4v) is 1.99. The molecule has 0 spiro atoms. The maximum absolute atomic E-state index is 12.2. The molecule has 0 saturated heterocycles. The van der Waals surface area contributed by atoms with Gasteiger partial charge in [0.15, 0.2) is 6.10 Å². The quantitative estimate of drug-likeness (QED) is 0.458. The molecule has 9 heteroatoms. The number of pyridine rings is 1. The van der Waals surface area contributed by atoms with Crippen LogP contribution in [0.4, 0.5) is 11.4 Å². The molecular formula is C17H17N3O6. The summed E-state index contributed by atoms with van der Waals surface area (Å²) in [5, 5.41) is 13.1. The third-order valence-corrected chi connectivity index (χ3v) is 3.27. The number of amides is 1. The minimum atomic E-state index is -1.09. The summed E-state index contributed by atoms with van der Waals surface area (Å²) in [6, 6.07) is 8.34. The number of carbonyl (C=O) groups excluding carboxylic acids is 2. The maximum Gasteiger partial charge on any atom is 0.344 e. The molecule has 1 N–H and O–H groups in total. The van der Waals surface area contributed by atoms with Crippen molar-refractivity contribution in [2.24, 2.45) is 0 Å². The molecule has 0 aliphatic carbocycles.